The molecule has 0 saturated carbocycles. The molecule has 4 rings (SSSR count). The van der Waals surface area contributed by atoms with Crippen LogP contribution in [-0.4, -0.2) is 47.9 Å². The Labute approximate surface area is 161 Å². The SMILES string of the molecule is COc1ccc(Cn2c(=O)nc(Cl)c3ncc(N4CCOCC4)cc32)cc1. The Morgan fingerprint density at radius 3 is 2.67 bits per heavy atom. The highest BCUT2D eigenvalue weighted by Gasteiger charge is 2.16. The smallest absolute Gasteiger partial charge is 0.349 e. The number of rotatable bonds is 4. The van der Waals surface area contributed by atoms with Crippen molar-refractivity contribution in [1.29, 1.82) is 0 Å². The number of fused-ring (bicyclic) bond motifs is 1. The molecule has 0 bridgehead atoms. The van der Waals surface area contributed by atoms with Crippen molar-refractivity contribution >= 4 is 28.3 Å². The Hall–Kier alpha value is -2.64. The van der Waals surface area contributed by atoms with Gasteiger partial charge in [0.2, 0.25) is 0 Å². The highest BCUT2D eigenvalue weighted by molar-refractivity contribution is 6.33. The molecule has 1 saturated heterocycles. The highest BCUT2D eigenvalue weighted by Crippen LogP contribution is 2.24. The maximum Gasteiger partial charge on any atom is 0.349 e. The summed E-state index contributed by atoms with van der Waals surface area (Å²) in [5.41, 5.74) is 2.68. The summed E-state index contributed by atoms with van der Waals surface area (Å²) in [5.74, 6) is 0.765. The van der Waals surface area contributed by atoms with Crippen LogP contribution in [0.15, 0.2) is 41.3 Å². The first-order valence-corrected chi connectivity index (χ1v) is 9.05. The molecule has 8 heteroatoms. The van der Waals surface area contributed by atoms with Crippen molar-refractivity contribution in [3.63, 3.8) is 0 Å². The molecule has 0 atom stereocenters. The van der Waals surface area contributed by atoms with Gasteiger partial charge < -0.3 is 14.4 Å². The van der Waals surface area contributed by atoms with Crippen molar-refractivity contribution in [3.05, 3.63) is 57.7 Å². The van der Waals surface area contributed by atoms with Gasteiger partial charge in [0.25, 0.3) is 0 Å². The summed E-state index contributed by atoms with van der Waals surface area (Å²) in [6.07, 6.45) is 1.77. The lowest BCUT2D eigenvalue weighted by atomic mass is 10.2. The summed E-state index contributed by atoms with van der Waals surface area (Å²) in [6, 6.07) is 9.52. The zero-order valence-corrected chi connectivity index (χ0v) is 15.6. The van der Waals surface area contributed by atoms with Crippen LogP contribution in [0, 0.1) is 0 Å². The van der Waals surface area contributed by atoms with Crippen molar-refractivity contribution in [2.75, 3.05) is 38.3 Å². The second-order valence-electron chi connectivity index (χ2n) is 6.28. The monoisotopic (exact) mass is 386 g/mol. The van der Waals surface area contributed by atoms with Gasteiger partial charge >= 0.3 is 5.69 Å². The average molecular weight is 387 g/mol. The van der Waals surface area contributed by atoms with Gasteiger partial charge in [-0.3, -0.25) is 4.57 Å². The molecule has 2 aromatic heterocycles. The van der Waals surface area contributed by atoms with Crippen LogP contribution in [0.5, 0.6) is 5.75 Å². The van der Waals surface area contributed by atoms with E-state index in [1.54, 1.807) is 17.9 Å². The lowest BCUT2D eigenvalue weighted by Gasteiger charge is -2.28. The number of pyridine rings is 1. The molecule has 0 aliphatic carbocycles. The fourth-order valence-electron chi connectivity index (χ4n) is 3.17. The topological polar surface area (TPSA) is 69.5 Å². The normalized spacial score (nSPS) is 14.5. The molecule has 0 spiro atoms. The van der Waals surface area contributed by atoms with Gasteiger partial charge in [0.1, 0.15) is 11.3 Å². The zero-order chi connectivity index (χ0) is 18.8. The van der Waals surface area contributed by atoms with Gasteiger partial charge in [-0.15, -0.1) is 0 Å². The van der Waals surface area contributed by atoms with Crippen molar-refractivity contribution in [2.24, 2.45) is 0 Å². The molecule has 140 valence electrons. The third-order valence-electron chi connectivity index (χ3n) is 4.64. The van der Waals surface area contributed by atoms with Crippen molar-refractivity contribution < 1.29 is 9.47 Å². The van der Waals surface area contributed by atoms with Crippen LogP contribution in [0.25, 0.3) is 11.0 Å². The number of anilines is 1. The minimum absolute atomic E-state index is 0.120. The number of methoxy groups -OCH3 is 1. The average Bonchev–Trinajstić information content (AvgIpc) is 2.72. The molecule has 1 aromatic carbocycles. The van der Waals surface area contributed by atoms with E-state index in [9.17, 15) is 4.79 Å². The maximum atomic E-state index is 12.6. The number of aromatic nitrogens is 3. The number of halogens is 1. The van der Waals surface area contributed by atoms with E-state index in [1.165, 1.54) is 0 Å². The first-order chi connectivity index (χ1) is 13.2. The minimum Gasteiger partial charge on any atom is -0.497 e. The molecular weight excluding hydrogens is 368 g/mol. The number of morpholine rings is 1. The first-order valence-electron chi connectivity index (χ1n) is 8.67. The molecule has 27 heavy (non-hydrogen) atoms. The van der Waals surface area contributed by atoms with Crippen LogP contribution in [0.4, 0.5) is 5.69 Å². The predicted molar refractivity (Wildman–Crippen MR) is 104 cm³/mol. The van der Waals surface area contributed by atoms with Gasteiger partial charge in [0.15, 0.2) is 5.15 Å². The van der Waals surface area contributed by atoms with Gasteiger partial charge in [0.05, 0.1) is 44.3 Å². The number of ether oxygens (including phenoxy) is 2. The first kappa shape index (κ1) is 17.8. The Morgan fingerprint density at radius 1 is 1.22 bits per heavy atom. The second-order valence-corrected chi connectivity index (χ2v) is 6.64. The van der Waals surface area contributed by atoms with Gasteiger partial charge in [-0.05, 0) is 23.8 Å². The summed E-state index contributed by atoms with van der Waals surface area (Å²) in [7, 11) is 1.62. The Balaban J connectivity index is 1.78. The highest BCUT2D eigenvalue weighted by atomic mass is 35.5. The van der Waals surface area contributed by atoms with Gasteiger partial charge in [0, 0.05) is 13.1 Å². The Morgan fingerprint density at radius 2 is 1.96 bits per heavy atom. The quantitative estimate of drug-likeness (QED) is 0.641. The largest absolute Gasteiger partial charge is 0.497 e. The van der Waals surface area contributed by atoms with E-state index < -0.39 is 5.69 Å². The van der Waals surface area contributed by atoms with Gasteiger partial charge in [-0.1, -0.05) is 23.7 Å². The molecule has 0 radical (unpaired) electrons. The van der Waals surface area contributed by atoms with E-state index >= 15 is 0 Å². The molecule has 3 heterocycles. The number of benzene rings is 1. The number of hydrogen-bond acceptors (Lipinski definition) is 6. The van der Waals surface area contributed by atoms with Crippen LogP contribution < -0.4 is 15.3 Å². The third kappa shape index (κ3) is 3.61. The van der Waals surface area contributed by atoms with Gasteiger partial charge in [-0.2, -0.15) is 4.98 Å². The van der Waals surface area contributed by atoms with E-state index in [0.717, 1.165) is 30.1 Å². The molecule has 3 aromatic rings. The van der Waals surface area contributed by atoms with Gasteiger partial charge in [-0.25, -0.2) is 9.78 Å². The summed E-state index contributed by atoms with van der Waals surface area (Å²) in [6.45, 7) is 3.29. The van der Waals surface area contributed by atoms with Crippen LogP contribution >= 0.6 is 11.6 Å². The summed E-state index contributed by atoms with van der Waals surface area (Å²) >= 11 is 6.18. The second kappa shape index (κ2) is 7.54. The standard InChI is InChI=1S/C19H19ClN4O3/c1-26-15-4-2-13(3-5-15)12-24-16-10-14(23-6-8-27-9-7-23)11-21-17(16)18(20)22-19(24)25/h2-5,10-11H,6-9,12H2,1H3. The molecule has 0 N–H and O–H groups in total. The summed E-state index contributed by atoms with van der Waals surface area (Å²) in [5, 5.41) is 0.120. The van der Waals surface area contributed by atoms with E-state index in [1.807, 2.05) is 30.3 Å². The van der Waals surface area contributed by atoms with Crippen LogP contribution in [0.2, 0.25) is 5.15 Å². The van der Waals surface area contributed by atoms with E-state index in [-0.39, 0.29) is 5.15 Å². The molecule has 0 unspecified atom stereocenters. The fraction of sp³-hybridized carbons (Fsp3) is 0.316. The summed E-state index contributed by atoms with van der Waals surface area (Å²) in [4.78, 5) is 23.1. The lowest BCUT2D eigenvalue weighted by Crippen LogP contribution is -2.36. The van der Waals surface area contributed by atoms with E-state index in [2.05, 4.69) is 14.9 Å². The third-order valence-corrected chi connectivity index (χ3v) is 4.90. The van der Waals surface area contributed by atoms with Crippen molar-refractivity contribution in [3.8, 4) is 5.75 Å². The minimum atomic E-state index is -0.399. The maximum absolute atomic E-state index is 12.6. The van der Waals surface area contributed by atoms with Crippen molar-refractivity contribution in [1.82, 2.24) is 14.5 Å². The predicted octanol–water partition coefficient (Wildman–Crippen LogP) is 2.34. The van der Waals surface area contributed by atoms with Crippen molar-refractivity contribution in [2.45, 2.75) is 6.54 Å². The molecular formula is C19H19ClN4O3. The zero-order valence-electron chi connectivity index (χ0n) is 14.9. The fourth-order valence-corrected chi connectivity index (χ4v) is 3.39. The van der Waals surface area contributed by atoms with Crippen LogP contribution in [0.3, 0.4) is 0 Å². The molecule has 7 nitrogen and oxygen atoms in total. The van der Waals surface area contributed by atoms with Crippen LogP contribution in [0.1, 0.15) is 5.56 Å². The molecule has 0 amide bonds. The molecule has 1 fully saturated rings. The summed E-state index contributed by atoms with van der Waals surface area (Å²) < 4.78 is 12.2. The number of hydrogen-bond donors (Lipinski definition) is 0. The Bertz CT molecular complexity index is 1010. The Kier molecular flexibility index (Phi) is 4.96. The van der Waals surface area contributed by atoms with Crippen LogP contribution in [-0.2, 0) is 11.3 Å². The van der Waals surface area contributed by atoms with E-state index in [0.29, 0.717) is 30.8 Å². The molecule has 1 aliphatic heterocycles. The lowest BCUT2D eigenvalue weighted by molar-refractivity contribution is 0.122. The number of nitrogens with zero attached hydrogens (tertiary/aromatic N) is 4. The van der Waals surface area contributed by atoms with E-state index in [4.69, 9.17) is 21.1 Å². The molecule has 1 aliphatic rings.